The number of nitrogens with two attached hydrogens (primary N) is 1. The number of hydrogen-bond acceptors (Lipinski definition) is 3. The number of anilines is 1. The standard InChI is InChI=1S/C14H17N3O2/c1-8-9(2)14(19)17(16-13(8)18)7-11-5-4-6-12(15)10(11)3/h4-6H,7,15H2,1-3H3,(H,16,18). The second-order valence-electron chi connectivity index (χ2n) is 4.71. The maximum absolute atomic E-state index is 12.1. The summed E-state index contributed by atoms with van der Waals surface area (Å²) in [6, 6.07) is 5.54. The second kappa shape index (κ2) is 4.76. The Hall–Kier alpha value is -2.30. The highest BCUT2D eigenvalue weighted by atomic mass is 16.2. The van der Waals surface area contributed by atoms with E-state index in [0.717, 1.165) is 11.1 Å². The monoisotopic (exact) mass is 259 g/mol. The van der Waals surface area contributed by atoms with Crippen LogP contribution in [0.3, 0.4) is 0 Å². The Bertz CT molecular complexity index is 741. The van der Waals surface area contributed by atoms with Crippen molar-refractivity contribution in [1.82, 2.24) is 9.78 Å². The van der Waals surface area contributed by atoms with Crippen LogP contribution in [0, 0.1) is 20.8 Å². The van der Waals surface area contributed by atoms with Crippen LogP contribution in [0.5, 0.6) is 0 Å². The molecule has 0 saturated heterocycles. The number of aromatic nitrogens is 2. The van der Waals surface area contributed by atoms with Gasteiger partial charge in [0.2, 0.25) is 0 Å². The molecule has 0 aliphatic rings. The van der Waals surface area contributed by atoms with Crippen molar-refractivity contribution in [2.24, 2.45) is 0 Å². The van der Waals surface area contributed by atoms with Gasteiger partial charge in [-0.15, -0.1) is 0 Å². The average molecular weight is 259 g/mol. The highest BCUT2D eigenvalue weighted by molar-refractivity contribution is 5.49. The molecule has 2 rings (SSSR count). The van der Waals surface area contributed by atoms with Crippen molar-refractivity contribution in [2.75, 3.05) is 5.73 Å². The van der Waals surface area contributed by atoms with Crippen molar-refractivity contribution in [2.45, 2.75) is 27.3 Å². The van der Waals surface area contributed by atoms with Crippen LogP contribution in [0.1, 0.15) is 22.3 Å². The van der Waals surface area contributed by atoms with Crippen molar-refractivity contribution in [1.29, 1.82) is 0 Å². The molecule has 0 spiro atoms. The van der Waals surface area contributed by atoms with Crippen LogP contribution < -0.4 is 16.9 Å². The number of rotatable bonds is 2. The largest absolute Gasteiger partial charge is 0.399 e. The van der Waals surface area contributed by atoms with Crippen LogP contribution in [-0.2, 0) is 6.54 Å². The van der Waals surface area contributed by atoms with E-state index in [2.05, 4.69) is 5.10 Å². The Kier molecular flexibility index (Phi) is 3.29. The first kappa shape index (κ1) is 13.1. The molecule has 5 nitrogen and oxygen atoms in total. The van der Waals surface area contributed by atoms with E-state index in [-0.39, 0.29) is 11.1 Å². The number of H-pyrrole nitrogens is 1. The molecule has 1 heterocycles. The molecule has 2 aromatic rings. The summed E-state index contributed by atoms with van der Waals surface area (Å²) in [4.78, 5) is 23.8. The molecule has 0 aliphatic carbocycles. The zero-order valence-electron chi connectivity index (χ0n) is 11.3. The number of nitrogen functional groups attached to an aromatic ring is 1. The first-order chi connectivity index (χ1) is 8.91. The lowest BCUT2D eigenvalue weighted by molar-refractivity contribution is 0.616. The molecule has 1 aromatic carbocycles. The predicted octanol–water partition coefficient (Wildman–Crippen LogP) is 1.09. The topological polar surface area (TPSA) is 80.9 Å². The Labute approximate surface area is 110 Å². The molecule has 5 heteroatoms. The molecule has 0 unspecified atom stereocenters. The minimum Gasteiger partial charge on any atom is -0.399 e. The molecule has 0 fully saturated rings. The van der Waals surface area contributed by atoms with Gasteiger partial charge in [0.1, 0.15) is 0 Å². The zero-order valence-corrected chi connectivity index (χ0v) is 11.3. The van der Waals surface area contributed by atoms with Crippen molar-refractivity contribution in [3.63, 3.8) is 0 Å². The van der Waals surface area contributed by atoms with Gasteiger partial charge in [-0.2, -0.15) is 0 Å². The van der Waals surface area contributed by atoms with Gasteiger partial charge >= 0.3 is 0 Å². The van der Waals surface area contributed by atoms with E-state index in [1.54, 1.807) is 13.8 Å². The third-order valence-electron chi connectivity index (χ3n) is 3.52. The third-order valence-corrected chi connectivity index (χ3v) is 3.52. The van der Waals surface area contributed by atoms with Crippen LogP contribution >= 0.6 is 0 Å². The number of nitrogens with one attached hydrogen (secondary N) is 1. The van der Waals surface area contributed by atoms with Gasteiger partial charge in [-0.3, -0.25) is 14.7 Å². The quantitative estimate of drug-likeness (QED) is 0.792. The SMILES string of the molecule is Cc1c(N)cccc1Cn1[nH]c(=O)c(C)c(C)c1=O. The zero-order chi connectivity index (χ0) is 14.2. The van der Waals surface area contributed by atoms with E-state index in [4.69, 9.17) is 5.73 Å². The van der Waals surface area contributed by atoms with E-state index in [1.165, 1.54) is 4.68 Å². The molecule has 3 N–H and O–H groups in total. The first-order valence-corrected chi connectivity index (χ1v) is 6.06. The van der Waals surface area contributed by atoms with E-state index in [0.29, 0.717) is 23.4 Å². The van der Waals surface area contributed by atoms with Crippen molar-refractivity contribution < 1.29 is 0 Å². The van der Waals surface area contributed by atoms with Crippen molar-refractivity contribution >= 4 is 5.69 Å². The molecule has 0 aliphatic heterocycles. The smallest absolute Gasteiger partial charge is 0.268 e. The summed E-state index contributed by atoms with van der Waals surface area (Å²) in [5.41, 5.74) is 8.88. The summed E-state index contributed by atoms with van der Waals surface area (Å²) in [7, 11) is 0. The molecule has 0 amide bonds. The van der Waals surface area contributed by atoms with Crippen LogP contribution in [0.2, 0.25) is 0 Å². The predicted molar refractivity (Wildman–Crippen MR) is 75.5 cm³/mol. The normalized spacial score (nSPS) is 10.7. The maximum Gasteiger partial charge on any atom is 0.268 e. The van der Waals surface area contributed by atoms with E-state index in [1.807, 2.05) is 25.1 Å². The summed E-state index contributed by atoms with van der Waals surface area (Å²) in [5.74, 6) is 0. The fourth-order valence-electron chi connectivity index (χ4n) is 1.95. The fraction of sp³-hybridized carbons (Fsp3) is 0.286. The lowest BCUT2D eigenvalue weighted by Gasteiger charge is -2.11. The lowest BCUT2D eigenvalue weighted by atomic mass is 10.1. The molecule has 0 atom stereocenters. The van der Waals surface area contributed by atoms with Crippen LogP contribution in [0.4, 0.5) is 5.69 Å². The lowest BCUT2D eigenvalue weighted by Crippen LogP contribution is -2.33. The molecular formula is C14H17N3O2. The third kappa shape index (κ3) is 2.31. The molecule has 0 radical (unpaired) electrons. The maximum atomic E-state index is 12.1. The summed E-state index contributed by atoms with van der Waals surface area (Å²) in [6.45, 7) is 5.52. The average Bonchev–Trinajstić information content (AvgIpc) is 2.38. The summed E-state index contributed by atoms with van der Waals surface area (Å²) in [6.07, 6.45) is 0. The van der Waals surface area contributed by atoms with Gasteiger partial charge in [-0.1, -0.05) is 12.1 Å². The van der Waals surface area contributed by atoms with Gasteiger partial charge < -0.3 is 5.73 Å². The molecule has 0 saturated carbocycles. The summed E-state index contributed by atoms with van der Waals surface area (Å²) in [5, 5.41) is 2.59. The number of nitrogens with zero attached hydrogens (tertiary/aromatic N) is 1. The minimum atomic E-state index is -0.237. The Morgan fingerprint density at radius 1 is 1.11 bits per heavy atom. The van der Waals surface area contributed by atoms with Crippen molar-refractivity contribution in [3.05, 3.63) is 61.2 Å². The van der Waals surface area contributed by atoms with Crippen molar-refractivity contribution in [3.8, 4) is 0 Å². The van der Waals surface area contributed by atoms with Gasteiger partial charge in [0, 0.05) is 16.8 Å². The van der Waals surface area contributed by atoms with Crippen LogP contribution in [-0.4, -0.2) is 9.78 Å². The molecule has 1 aromatic heterocycles. The first-order valence-electron chi connectivity index (χ1n) is 6.06. The summed E-state index contributed by atoms with van der Waals surface area (Å²) >= 11 is 0. The van der Waals surface area contributed by atoms with E-state index in [9.17, 15) is 9.59 Å². The Balaban J connectivity index is 2.54. The molecule has 19 heavy (non-hydrogen) atoms. The summed E-state index contributed by atoms with van der Waals surface area (Å²) < 4.78 is 1.33. The molecule has 100 valence electrons. The number of aromatic amines is 1. The van der Waals surface area contributed by atoms with Crippen LogP contribution in [0.25, 0.3) is 0 Å². The number of hydrogen-bond donors (Lipinski definition) is 2. The van der Waals surface area contributed by atoms with Gasteiger partial charge in [0.05, 0.1) is 6.54 Å². The Morgan fingerprint density at radius 3 is 2.47 bits per heavy atom. The second-order valence-corrected chi connectivity index (χ2v) is 4.71. The van der Waals surface area contributed by atoms with E-state index < -0.39 is 0 Å². The molecular weight excluding hydrogens is 242 g/mol. The van der Waals surface area contributed by atoms with Gasteiger partial charge in [-0.25, -0.2) is 4.68 Å². The highest BCUT2D eigenvalue weighted by Gasteiger charge is 2.09. The Morgan fingerprint density at radius 2 is 1.79 bits per heavy atom. The van der Waals surface area contributed by atoms with Gasteiger partial charge in [0.15, 0.2) is 0 Å². The highest BCUT2D eigenvalue weighted by Crippen LogP contribution is 2.15. The van der Waals surface area contributed by atoms with E-state index >= 15 is 0 Å². The molecule has 0 bridgehead atoms. The fourth-order valence-corrected chi connectivity index (χ4v) is 1.95. The van der Waals surface area contributed by atoms with Crippen LogP contribution in [0.15, 0.2) is 27.8 Å². The number of benzene rings is 1. The minimum absolute atomic E-state index is 0.182. The van der Waals surface area contributed by atoms with Gasteiger partial charge in [0.25, 0.3) is 11.1 Å². The van der Waals surface area contributed by atoms with Gasteiger partial charge in [-0.05, 0) is 38.0 Å².